The Balaban J connectivity index is 2.06. The molecule has 0 bridgehead atoms. The molecule has 5 heteroatoms. The molecular formula is C15H18N2O3. The summed E-state index contributed by atoms with van der Waals surface area (Å²) in [4.78, 5) is 26.6. The summed E-state index contributed by atoms with van der Waals surface area (Å²) in [6, 6.07) is 9.42. The van der Waals surface area contributed by atoms with E-state index in [1.54, 1.807) is 4.90 Å². The summed E-state index contributed by atoms with van der Waals surface area (Å²) in [5.74, 6) is -0.179. The minimum atomic E-state index is -0.963. The summed E-state index contributed by atoms with van der Waals surface area (Å²) < 4.78 is 5.40. The first-order valence-electron chi connectivity index (χ1n) is 6.88. The maximum atomic E-state index is 12.5. The van der Waals surface area contributed by atoms with Gasteiger partial charge in [0.2, 0.25) is 5.91 Å². The number of nitrogens with one attached hydrogen (secondary N) is 1. The van der Waals surface area contributed by atoms with Crippen molar-refractivity contribution in [2.75, 3.05) is 19.8 Å². The van der Waals surface area contributed by atoms with Crippen LogP contribution in [0.25, 0.3) is 0 Å². The third-order valence-electron chi connectivity index (χ3n) is 4.20. The molecule has 1 aromatic rings. The molecule has 0 aliphatic carbocycles. The second-order valence-electron chi connectivity index (χ2n) is 5.40. The van der Waals surface area contributed by atoms with Gasteiger partial charge < -0.3 is 15.0 Å². The Morgan fingerprint density at radius 2 is 2.05 bits per heavy atom. The summed E-state index contributed by atoms with van der Waals surface area (Å²) in [6.07, 6.45) is 0.779. The zero-order valence-corrected chi connectivity index (χ0v) is 11.5. The van der Waals surface area contributed by atoms with E-state index in [-0.39, 0.29) is 24.4 Å². The Kier molecular flexibility index (Phi) is 3.22. The fraction of sp³-hybridized carbons (Fsp3) is 0.467. The molecule has 0 spiro atoms. The highest BCUT2D eigenvalue weighted by atomic mass is 16.5. The van der Waals surface area contributed by atoms with Gasteiger partial charge >= 0.3 is 0 Å². The Labute approximate surface area is 117 Å². The normalized spacial score (nSPS) is 30.4. The molecule has 2 fully saturated rings. The predicted octanol–water partition coefficient (Wildman–Crippen LogP) is 0.649. The molecule has 2 unspecified atom stereocenters. The van der Waals surface area contributed by atoms with Crippen LogP contribution in [-0.4, -0.2) is 42.5 Å². The monoisotopic (exact) mass is 274 g/mol. The number of hydrogen-bond acceptors (Lipinski definition) is 3. The Morgan fingerprint density at radius 3 is 2.70 bits per heavy atom. The quantitative estimate of drug-likeness (QED) is 0.861. The lowest BCUT2D eigenvalue weighted by molar-refractivity contribution is -0.157. The standard InChI is InChI=1S/C15H18N2O3/c1-15(11-5-3-2-4-6-11)14(19)16-9-13(18)17(15)12-7-8-20-10-12/h2-6,12H,7-10H2,1H3,(H,16,19). The first-order chi connectivity index (χ1) is 9.64. The highest BCUT2D eigenvalue weighted by molar-refractivity contribution is 5.98. The van der Waals surface area contributed by atoms with Gasteiger partial charge in [-0.2, -0.15) is 0 Å². The third-order valence-corrected chi connectivity index (χ3v) is 4.20. The minimum Gasteiger partial charge on any atom is -0.379 e. The molecule has 2 aliphatic rings. The van der Waals surface area contributed by atoms with E-state index >= 15 is 0 Å². The SMILES string of the molecule is CC1(c2ccccc2)C(=O)NCC(=O)N1C1CCOC1. The van der Waals surface area contributed by atoms with Gasteiger partial charge in [0.15, 0.2) is 0 Å². The molecule has 106 valence electrons. The number of benzene rings is 1. The summed E-state index contributed by atoms with van der Waals surface area (Å²) in [5.41, 5.74) is -0.132. The molecule has 2 amide bonds. The highest BCUT2D eigenvalue weighted by Gasteiger charge is 2.50. The molecule has 2 atom stereocenters. The van der Waals surface area contributed by atoms with Gasteiger partial charge in [-0.25, -0.2) is 0 Å². The number of hydrogen-bond donors (Lipinski definition) is 1. The largest absolute Gasteiger partial charge is 0.379 e. The van der Waals surface area contributed by atoms with E-state index < -0.39 is 5.54 Å². The van der Waals surface area contributed by atoms with E-state index in [2.05, 4.69) is 5.32 Å². The van der Waals surface area contributed by atoms with Crippen LogP contribution in [0.2, 0.25) is 0 Å². The third kappa shape index (κ3) is 1.89. The van der Waals surface area contributed by atoms with Crippen molar-refractivity contribution in [2.45, 2.75) is 24.9 Å². The summed E-state index contributed by atoms with van der Waals surface area (Å²) in [5, 5.41) is 2.70. The van der Waals surface area contributed by atoms with Gasteiger partial charge in [-0.05, 0) is 18.9 Å². The second kappa shape index (κ2) is 4.90. The van der Waals surface area contributed by atoms with Crippen molar-refractivity contribution < 1.29 is 14.3 Å². The number of ether oxygens (including phenoxy) is 1. The van der Waals surface area contributed by atoms with Crippen LogP contribution >= 0.6 is 0 Å². The molecule has 2 aliphatic heterocycles. The van der Waals surface area contributed by atoms with Gasteiger partial charge in [-0.1, -0.05) is 30.3 Å². The maximum Gasteiger partial charge on any atom is 0.250 e. The van der Waals surface area contributed by atoms with Crippen LogP contribution in [0.1, 0.15) is 18.9 Å². The zero-order valence-electron chi connectivity index (χ0n) is 11.5. The molecule has 5 nitrogen and oxygen atoms in total. The topological polar surface area (TPSA) is 58.6 Å². The van der Waals surface area contributed by atoms with Crippen LogP contribution in [0.4, 0.5) is 0 Å². The van der Waals surface area contributed by atoms with Gasteiger partial charge in [0.1, 0.15) is 5.54 Å². The van der Waals surface area contributed by atoms with Crippen molar-refractivity contribution in [1.29, 1.82) is 0 Å². The van der Waals surface area contributed by atoms with E-state index in [1.165, 1.54) is 0 Å². The summed E-state index contributed by atoms with van der Waals surface area (Å²) >= 11 is 0. The number of carbonyl (C=O) groups is 2. The number of piperazine rings is 1. The van der Waals surface area contributed by atoms with Crippen molar-refractivity contribution in [3.8, 4) is 0 Å². The first-order valence-corrected chi connectivity index (χ1v) is 6.88. The molecule has 2 saturated heterocycles. The molecule has 20 heavy (non-hydrogen) atoms. The fourth-order valence-corrected chi connectivity index (χ4v) is 3.10. The van der Waals surface area contributed by atoms with Crippen molar-refractivity contribution in [3.05, 3.63) is 35.9 Å². The van der Waals surface area contributed by atoms with Gasteiger partial charge in [-0.3, -0.25) is 9.59 Å². The molecule has 0 aromatic heterocycles. The van der Waals surface area contributed by atoms with E-state index in [0.717, 1.165) is 12.0 Å². The smallest absolute Gasteiger partial charge is 0.250 e. The van der Waals surface area contributed by atoms with Crippen LogP contribution in [0.5, 0.6) is 0 Å². The second-order valence-corrected chi connectivity index (χ2v) is 5.40. The summed E-state index contributed by atoms with van der Waals surface area (Å²) in [7, 11) is 0. The van der Waals surface area contributed by atoms with Crippen molar-refractivity contribution in [2.24, 2.45) is 0 Å². The van der Waals surface area contributed by atoms with Crippen molar-refractivity contribution in [3.63, 3.8) is 0 Å². The first kappa shape index (κ1) is 13.1. The van der Waals surface area contributed by atoms with Crippen molar-refractivity contribution in [1.82, 2.24) is 10.2 Å². The Hall–Kier alpha value is -1.88. The molecule has 1 N–H and O–H groups in total. The van der Waals surface area contributed by atoms with Gasteiger partial charge in [0, 0.05) is 6.61 Å². The van der Waals surface area contributed by atoms with Crippen LogP contribution in [0, 0.1) is 0 Å². The average Bonchev–Trinajstić information content (AvgIpc) is 2.98. The molecule has 3 rings (SSSR count). The van der Waals surface area contributed by atoms with Crippen LogP contribution < -0.4 is 5.32 Å². The lowest BCUT2D eigenvalue weighted by Crippen LogP contribution is -2.66. The number of amides is 2. The van der Waals surface area contributed by atoms with Crippen LogP contribution in [-0.2, 0) is 19.9 Å². The number of nitrogens with zero attached hydrogens (tertiary/aromatic N) is 1. The van der Waals surface area contributed by atoms with Gasteiger partial charge in [0.05, 0.1) is 19.2 Å². The fourth-order valence-electron chi connectivity index (χ4n) is 3.10. The van der Waals surface area contributed by atoms with Gasteiger partial charge in [0.25, 0.3) is 5.91 Å². The summed E-state index contributed by atoms with van der Waals surface area (Å²) in [6.45, 7) is 3.02. The van der Waals surface area contributed by atoms with E-state index in [4.69, 9.17) is 4.74 Å². The Morgan fingerprint density at radius 1 is 1.30 bits per heavy atom. The molecule has 0 saturated carbocycles. The Bertz CT molecular complexity index is 525. The van der Waals surface area contributed by atoms with E-state index in [9.17, 15) is 9.59 Å². The zero-order chi connectivity index (χ0) is 14.2. The lowest BCUT2D eigenvalue weighted by Gasteiger charge is -2.46. The predicted molar refractivity (Wildman–Crippen MR) is 72.9 cm³/mol. The molecule has 0 radical (unpaired) electrons. The minimum absolute atomic E-state index is 0.0289. The van der Waals surface area contributed by atoms with Crippen LogP contribution in [0.3, 0.4) is 0 Å². The molecule has 1 aromatic carbocycles. The molecule has 2 heterocycles. The van der Waals surface area contributed by atoms with E-state index in [0.29, 0.717) is 13.2 Å². The number of carbonyl (C=O) groups excluding carboxylic acids is 2. The van der Waals surface area contributed by atoms with Crippen molar-refractivity contribution >= 4 is 11.8 Å². The molecular weight excluding hydrogens is 256 g/mol. The average molecular weight is 274 g/mol. The highest BCUT2D eigenvalue weighted by Crippen LogP contribution is 2.34. The maximum absolute atomic E-state index is 12.5. The van der Waals surface area contributed by atoms with Gasteiger partial charge in [-0.15, -0.1) is 0 Å². The number of rotatable bonds is 2. The lowest BCUT2D eigenvalue weighted by atomic mass is 9.85. The van der Waals surface area contributed by atoms with E-state index in [1.807, 2.05) is 37.3 Å². The van der Waals surface area contributed by atoms with Crippen LogP contribution in [0.15, 0.2) is 30.3 Å².